The Hall–Kier alpha value is -6.47. The molecule has 0 saturated carbocycles. The van der Waals surface area contributed by atoms with Gasteiger partial charge in [-0.3, -0.25) is 9.59 Å². The van der Waals surface area contributed by atoms with E-state index in [4.69, 9.17) is 9.62 Å². The molecule has 3 amide bonds. The number of rotatable bonds is 11. The van der Waals surface area contributed by atoms with Crippen LogP contribution in [0.4, 0.5) is 4.79 Å². The van der Waals surface area contributed by atoms with Crippen LogP contribution in [0.25, 0.3) is 22.2 Å². The first-order valence-corrected chi connectivity index (χ1v) is 20.0. The fourth-order valence-corrected chi connectivity index (χ4v) is 8.10. The molecular formula is C48H53N7O6S2. The van der Waals surface area contributed by atoms with Gasteiger partial charge in [-0.25, -0.2) is 14.8 Å². The average molecular weight is 888 g/mol. The Labute approximate surface area is 381 Å². The van der Waals surface area contributed by atoms with Gasteiger partial charge in [0.25, 0.3) is 11.8 Å². The maximum Gasteiger partial charge on any atom is 0.407 e. The molecule has 2 aromatic heterocycles. The number of hydrogen-bond donors (Lipinski definition) is 3. The van der Waals surface area contributed by atoms with Crippen LogP contribution >= 0.6 is 27.0 Å². The van der Waals surface area contributed by atoms with Crippen molar-refractivity contribution in [3.05, 3.63) is 149 Å². The highest BCUT2D eigenvalue weighted by Gasteiger charge is 2.38. The van der Waals surface area contributed by atoms with Gasteiger partial charge in [0.05, 0.1) is 38.2 Å². The summed E-state index contributed by atoms with van der Waals surface area (Å²) in [7, 11) is 2.67. The number of carbonyl (C=O) groups excluding carboxylic acids is 3. The molecule has 13 nitrogen and oxygen atoms in total. The zero-order chi connectivity index (χ0) is 41.4. The van der Waals surface area contributed by atoms with E-state index in [-0.39, 0.29) is 58.3 Å². The molecule has 4 aromatic carbocycles. The van der Waals surface area contributed by atoms with Crippen molar-refractivity contribution < 1.29 is 28.9 Å². The number of aromatic nitrogens is 3. The quantitative estimate of drug-likeness (QED) is 0.0387. The van der Waals surface area contributed by atoms with Crippen LogP contribution in [0.15, 0.2) is 120 Å². The van der Waals surface area contributed by atoms with Crippen molar-refractivity contribution in [1.82, 2.24) is 30.1 Å². The number of imidazole rings is 1. The number of amides is 3. The van der Waals surface area contributed by atoms with Crippen LogP contribution in [0.5, 0.6) is 0 Å². The van der Waals surface area contributed by atoms with Crippen molar-refractivity contribution in [2.45, 2.75) is 57.3 Å². The summed E-state index contributed by atoms with van der Waals surface area (Å²) in [5.41, 5.74) is 6.91. The van der Waals surface area contributed by atoms with Crippen LogP contribution in [-0.4, -0.2) is 76.4 Å². The summed E-state index contributed by atoms with van der Waals surface area (Å²) in [5.74, 6) is 6.98. The molecule has 3 N–H and O–H groups in total. The molecule has 0 aliphatic carbocycles. The second kappa shape index (κ2) is 22.1. The van der Waals surface area contributed by atoms with Crippen LogP contribution in [0.2, 0.25) is 0 Å². The Balaban J connectivity index is 0.00000249. The number of nitrogens with zero attached hydrogens (tertiary/aromatic N) is 4. The van der Waals surface area contributed by atoms with Gasteiger partial charge in [-0.15, -0.1) is 0 Å². The Bertz CT molecular complexity index is 2550. The highest BCUT2D eigenvalue weighted by atomic mass is 32.1. The number of methoxy groups -OCH3 is 1. The summed E-state index contributed by atoms with van der Waals surface area (Å²) < 4.78 is 4.83. The Morgan fingerprint density at radius 2 is 1.43 bits per heavy atom. The smallest absolute Gasteiger partial charge is 0.407 e. The van der Waals surface area contributed by atoms with Crippen LogP contribution in [0.1, 0.15) is 91.0 Å². The van der Waals surface area contributed by atoms with E-state index in [2.05, 4.69) is 54.1 Å². The van der Waals surface area contributed by atoms with Gasteiger partial charge in [0.15, 0.2) is 6.04 Å². The van der Waals surface area contributed by atoms with E-state index in [1.165, 1.54) is 20.6 Å². The fraction of sp³-hybridized carbons (Fsp3) is 0.271. The van der Waals surface area contributed by atoms with Crippen LogP contribution in [-0.2, 0) is 24.1 Å². The van der Waals surface area contributed by atoms with E-state index in [9.17, 15) is 14.4 Å². The van der Waals surface area contributed by atoms with Gasteiger partial charge >= 0.3 is 6.09 Å². The Morgan fingerprint density at radius 3 is 2.11 bits per heavy atom. The minimum absolute atomic E-state index is 0. The summed E-state index contributed by atoms with van der Waals surface area (Å²) >= 11 is 0. The molecular weight excluding hydrogens is 835 g/mol. The summed E-state index contributed by atoms with van der Waals surface area (Å²) in [4.78, 5) is 69.4. The number of hydrogen-bond acceptors (Lipinski definition) is 8. The number of H-pyrrole nitrogens is 2. The Kier molecular flexibility index (Phi) is 16.7. The van der Waals surface area contributed by atoms with Crippen molar-refractivity contribution in [2.75, 3.05) is 27.3 Å². The molecule has 63 heavy (non-hydrogen) atoms. The minimum atomic E-state index is -0.882. The zero-order valence-electron chi connectivity index (χ0n) is 34.3. The van der Waals surface area contributed by atoms with Gasteiger partial charge in [0.1, 0.15) is 11.9 Å². The Morgan fingerprint density at radius 1 is 0.794 bits per heavy atom. The molecule has 0 bridgehead atoms. The summed E-state index contributed by atoms with van der Waals surface area (Å²) in [6.07, 6.45) is 5.57. The number of ether oxygens (including phenoxy) is 1. The number of likely N-dealkylation sites (tertiary alicyclic amines) is 2. The lowest BCUT2D eigenvalue weighted by Crippen LogP contribution is -2.42. The van der Waals surface area contributed by atoms with Crippen LogP contribution in [0.3, 0.4) is 0 Å². The third-order valence-corrected chi connectivity index (χ3v) is 11.1. The monoisotopic (exact) mass is 887 g/mol. The van der Waals surface area contributed by atoms with E-state index in [1.807, 2.05) is 102 Å². The predicted molar refractivity (Wildman–Crippen MR) is 254 cm³/mol. The van der Waals surface area contributed by atoms with Gasteiger partial charge < -0.3 is 34.7 Å². The predicted octanol–water partition coefficient (Wildman–Crippen LogP) is 8.59. The summed E-state index contributed by atoms with van der Waals surface area (Å²) in [6, 6.07) is 32.8. The number of aromatic amines is 2. The first-order valence-electron chi connectivity index (χ1n) is 20.0. The molecule has 0 spiro atoms. The molecule has 15 heteroatoms. The maximum absolute atomic E-state index is 14.0. The lowest BCUT2D eigenvalue weighted by atomic mass is 10.0. The maximum atomic E-state index is 14.0. The third kappa shape index (κ3) is 10.8. The van der Waals surface area contributed by atoms with E-state index >= 15 is 0 Å². The molecule has 6 aromatic rings. The summed E-state index contributed by atoms with van der Waals surface area (Å²) in [5, 5.41) is 3.73. The highest BCUT2D eigenvalue weighted by Crippen LogP contribution is 2.37. The van der Waals surface area contributed by atoms with Gasteiger partial charge in [-0.1, -0.05) is 92.1 Å². The molecule has 0 radical (unpaired) electrons. The van der Waals surface area contributed by atoms with E-state index in [1.54, 1.807) is 11.1 Å². The molecule has 4 atom stereocenters. The number of nitrogens with one attached hydrogen (secondary N) is 3. The van der Waals surface area contributed by atoms with Crippen molar-refractivity contribution in [3.8, 4) is 23.1 Å². The number of benzene rings is 4. The van der Waals surface area contributed by atoms with Crippen LogP contribution in [0, 0.1) is 11.8 Å². The van der Waals surface area contributed by atoms with E-state index < -0.39 is 18.2 Å². The van der Waals surface area contributed by atoms with Crippen LogP contribution < -0.4 is 5.32 Å². The van der Waals surface area contributed by atoms with Crippen molar-refractivity contribution in [1.29, 1.82) is 0 Å². The molecule has 2 fully saturated rings. The first-order chi connectivity index (χ1) is 29.4. The molecule has 8 rings (SSSR count). The molecule has 328 valence electrons. The van der Waals surface area contributed by atoms with Crippen molar-refractivity contribution >= 4 is 62.2 Å². The number of alkyl carbamates (subject to hydrolysis) is 1. The lowest BCUT2D eigenvalue weighted by molar-refractivity contribution is -0.188. The SMILES string of the molecule is C.COOC=N[C@@H](C(=O)N1CCC[C@H]1c1cc2cc(C#Cc3ccc(-c4cnc([C@@H]5CCCN5C(=O)[C@H](NC(=O)OC)c5ccccc5)[nH]4)cc3)ccc2[nH]1)c1ccccc1.S.S. The van der Waals surface area contributed by atoms with Gasteiger partial charge in [-0.2, -0.15) is 31.9 Å². The second-order valence-electron chi connectivity index (χ2n) is 14.7. The zero-order valence-corrected chi connectivity index (χ0v) is 36.3. The van der Waals surface area contributed by atoms with Crippen molar-refractivity contribution in [2.24, 2.45) is 4.99 Å². The standard InChI is InChI=1S/C47H45N7O6.CH4.2H2S/c1-58-47(57)52-43(35-13-7-4-8-14-35)46(56)54-26-10-16-41(54)44-48-29-39(51-44)33-22-19-31(20-23-33)17-18-32-21-24-37-36(27-32)28-38(50-37)40-15-9-25-53(40)45(55)42(49-30-60-59-2)34-11-5-3-6-12-34;;;/h3-8,11-14,19-24,27-30,40-43,50H,9-10,15-16,25-26H2,1-2H3,(H,48,51)(H,52,57);1H4;2*1H2/t40-,41-,42+,43+;;;/m0.../s1. The topological polar surface area (TPSA) is 154 Å². The fourth-order valence-electron chi connectivity index (χ4n) is 8.10. The molecule has 0 unspecified atom stereocenters. The molecule has 2 saturated heterocycles. The highest BCUT2D eigenvalue weighted by molar-refractivity contribution is 7.59. The minimum Gasteiger partial charge on any atom is -0.453 e. The van der Waals surface area contributed by atoms with Gasteiger partial charge in [-0.05, 0) is 78.8 Å². The number of carbonyl (C=O) groups is 3. The summed E-state index contributed by atoms with van der Waals surface area (Å²) in [6.45, 7) is 1.18. The molecule has 2 aliphatic heterocycles. The normalized spacial score (nSPS) is 16.5. The molecule has 4 heterocycles. The van der Waals surface area contributed by atoms with Gasteiger partial charge in [0.2, 0.25) is 6.40 Å². The van der Waals surface area contributed by atoms with E-state index in [0.717, 1.165) is 70.2 Å². The van der Waals surface area contributed by atoms with Crippen molar-refractivity contribution in [3.63, 3.8) is 0 Å². The lowest BCUT2D eigenvalue weighted by Gasteiger charge is -2.28. The van der Waals surface area contributed by atoms with E-state index in [0.29, 0.717) is 24.5 Å². The number of aliphatic imine (C=N–C) groups is 1. The average Bonchev–Trinajstić information content (AvgIpc) is 4.13. The largest absolute Gasteiger partial charge is 0.453 e. The third-order valence-electron chi connectivity index (χ3n) is 11.1. The van der Waals surface area contributed by atoms with Gasteiger partial charge in [0, 0.05) is 40.8 Å². The molecule has 2 aliphatic rings. The first kappa shape index (κ1) is 47.6. The number of fused-ring (bicyclic) bond motifs is 1. The second-order valence-corrected chi connectivity index (χ2v) is 14.7.